The number of rotatable bonds is 9. The Bertz CT molecular complexity index is 1420. The predicted octanol–water partition coefficient (Wildman–Crippen LogP) is 5.75. The Morgan fingerprint density at radius 2 is 1.91 bits per heavy atom. The van der Waals surface area contributed by atoms with Gasteiger partial charge in [-0.2, -0.15) is 0 Å². The molecule has 0 saturated carbocycles. The number of nitrogens with one attached hydrogen (secondary N) is 2. The number of para-hydroxylation sites is 1. The lowest BCUT2D eigenvalue weighted by Gasteiger charge is -2.08. The topological polar surface area (TPSA) is 79.8 Å². The van der Waals surface area contributed by atoms with Crippen LogP contribution in [0.3, 0.4) is 0 Å². The first-order chi connectivity index (χ1) is 16.4. The van der Waals surface area contributed by atoms with Gasteiger partial charge in [0.15, 0.2) is 9.90 Å². The number of H-pyrrole nitrogens is 1. The fourth-order valence-electron chi connectivity index (χ4n) is 3.75. The van der Waals surface area contributed by atoms with Crippen LogP contribution >= 0.6 is 23.6 Å². The second kappa shape index (κ2) is 10.8. The van der Waals surface area contributed by atoms with Gasteiger partial charge in [0.05, 0.1) is 16.6 Å². The van der Waals surface area contributed by atoms with Crippen LogP contribution in [-0.2, 0) is 17.8 Å². The molecule has 2 aromatic carbocycles. The lowest BCUT2D eigenvalue weighted by Crippen LogP contribution is -2.22. The van der Waals surface area contributed by atoms with Crippen molar-refractivity contribution in [1.82, 2.24) is 14.5 Å². The summed E-state index contributed by atoms with van der Waals surface area (Å²) in [6.45, 7) is 2.42. The van der Waals surface area contributed by atoms with E-state index in [-0.39, 0.29) is 17.3 Å². The summed E-state index contributed by atoms with van der Waals surface area (Å²) in [5.74, 6) is -0.341. The molecule has 1 amide bonds. The maximum Gasteiger partial charge on any atom is 0.262 e. The van der Waals surface area contributed by atoms with Crippen molar-refractivity contribution in [3.05, 3.63) is 85.6 Å². The van der Waals surface area contributed by atoms with E-state index in [2.05, 4.69) is 15.3 Å². The second-order valence-corrected chi connectivity index (χ2v) is 9.59. The smallest absolute Gasteiger partial charge is 0.262 e. The minimum absolute atomic E-state index is 0.0813. The quantitative estimate of drug-likeness (QED) is 0.228. The molecule has 2 heterocycles. The van der Waals surface area contributed by atoms with Crippen molar-refractivity contribution < 1.29 is 9.18 Å². The van der Waals surface area contributed by atoms with Crippen molar-refractivity contribution in [2.75, 3.05) is 5.32 Å². The van der Waals surface area contributed by atoms with E-state index < -0.39 is 0 Å². The molecule has 0 aliphatic heterocycles. The highest BCUT2D eigenvalue weighted by Gasteiger charge is 2.11. The van der Waals surface area contributed by atoms with Crippen molar-refractivity contribution in [3.8, 4) is 0 Å². The molecule has 0 unspecified atom stereocenters. The molecule has 0 fully saturated rings. The summed E-state index contributed by atoms with van der Waals surface area (Å²) in [5, 5.41) is 4.07. The molecule has 4 rings (SSSR count). The molecule has 0 spiro atoms. The molecule has 176 valence electrons. The average molecular weight is 497 g/mol. The fourth-order valence-corrected chi connectivity index (χ4v) is 5.05. The summed E-state index contributed by atoms with van der Waals surface area (Å²) in [5.41, 5.74) is 2.51. The van der Waals surface area contributed by atoms with E-state index in [1.807, 2.05) is 25.1 Å². The summed E-state index contributed by atoms with van der Waals surface area (Å²) in [6, 6.07) is 13.7. The van der Waals surface area contributed by atoms with Crippen LogP contribution in [0.4, 0.5) is 9.52 Å². The second-order valence-electron chi connectivity index (χ2n) is 8.12. The number of fused-ring (bicyclic) bond motifs is 1. The van der Waals surface area contributed by atoms with Crippen molar-refractivity contribution in [1.29, 1.82) is 0 Å². The molecule has 0 aliphatic rings. The Morgan fingerprint density at radius 3 is 2.71 bits per heavy atom. The third kappa shape index (κ3) is 5.84. The first kappa shape index (κ1) is 24.0. The van der Waals surface area contributed by atoms with Crippen molar-refractivity contribution in [2.24, 2.45) is 0 Å². The van der Waals surface area contributed by atoms with Gasteiger partial charge in [0.25, 0.3) is 5.56 Å². The molecular formula is C25H25FN4O2S2. The average Bonchev–Trinajstić information content (AvgIpc) is 3.15. The molecule has 2 N–H and O–H groups in total. The van der Waals surface area contributed by atoms with Gasteiger partial charge >= 0.3 is 0 Å². The number of benzene rings is 2. The predicted molar refractivity (Wildman–Crippen MR) is 137 cm³/mol. The number of unbranched alkanes of at least 4 members (excludes halogenated alkanes) is 2. The number of aryl methyl sites for hydroxylation is 1. The third-order valence-electron chi connectivity index (χ3n) is 5.59. The Kier molecular flexibility index (Phi) is 7.64. The highest BCUT2D eigenvalue weighted by atomic mass is 32.1. The summed E-state index contributed by atoms with van der Waals surface area (Å²) in [4.78, 5) is 33.6. The van der Waals surface area contributed by atoms with Gasteiger partial charge in [-0.25, -0.2) is 9.37 Å². The van der Waals surface area contributed by atoms with Crippen LogP contribution in [0.1, 0.15) is 41.8 Å². The van der Waals surface area contributed by atoms with Gasteiger partial charge in [-0.1, -0.05) is 30.7 Å². The van der Waals surface area contributed by atoms with Crippen molar-refractivity contribution >= 4 is 45.5 Å². The van der Waals surface area contributed by atoms with Gasteiger partial charge in [0.1, 0.15) is 5.82 Å². The molecule has 9 heteroatoms. The molecule has 0 aliphatic carbocycles. The zero-order valence-electron chi connectivity index (χ0n) is 18.8. The van der Waals surface area contributed by atoms with Crippen LogP contribution in [0.15, 0.2) is 53.3 Å². The Balaban J connectivity index is 1.24. The molecular weight excluding hydrogens is 471 g/mol. The van der Waals surface area contributed by atoms with Crippen molar-refractivity contribution in [3.63, 3.8) is 0 Å². The fraction of sp³-hybridized carbons (Fsp3) is 0.280. The third-order valence-corrected chi connectivity index (χ3v) is 6.99. The summed E-state index contributed by atoms with van der Waals surface area (Å²) in [6.07, 6.45) is 3.29. The van der Waals surface area contributed by atoms with E-state index in [0.717, 1.165) is 34.5 Å². The van der Waals surface area contributed by atoms with Gasteiger partial charge in [-0.15, -0.1) is 11.3 Å². The number of carbonyl (C=O) groups excluding carboxylic acids is 1. The van der Waals surface area contributed by atoms with Gasteiger partial charge in [0.2, 0.25) is 5.91 Å². The van der Waals surface area contributed by atoms with E-state index in [1.165, 1.54) is 23.5 Å². The largest absolute Gasteiger partial charge is 0.332 e. The molecule has 6 nitrogen and oxygen atoms in total. The van der Waals surface area contributed by atoms with Crippen LogP contribution in [0.5, 0.6) is 0 Å². The minimum atomic E-state index is -0.259. The molecule has 0 radical (unpaired) electrons. The minimum Gasteiger partial charge on any atom is -0.332 e. The van der Waals surface area contributed by atoms with Gasteiger partial charge in [-0.3, -0.25) is 14.2 Å². The number of carbonyl (C=O) groups is 1. The van der Waals surface area contributed by atoms with Crippen LogP contribution in [0.25, 0.3) is 10.9 Å². The first-order valence-corrected chi connectivity index (χ1v) is 12.4. The number of amides is 1. The zero-order valence-corrected chi connectivity index (χ0v) is 20.4. The molecule has 0 saturated heterocycles. The molecule has 4 aromatic rings. The highest BCUT2D eigenvalue weighted by Crippen LogP contribution is 2.25. The summed E-state index contributed by atoms with van der Waals surface area (Å²) >= 11 is 6.78. The molecule has 0 atom stereocenters. The number of anilines is 1. The molecule has 34 heavy (non-hydrogen) atoms. The summed E-state index contributed by atoms with van der Waals surface area (Å²) in [7, 11) is 0. The number of nitrogens with zero attached hydrogens (tertiary/aromatic N) is 2. The van der Waals surface area contributed by atoms with Crippen LogP contribution in [0.2, 0.25) is 0 Å². The number of aromatic nitrogens is 3. The number of aromatic amines is 1. The van der Waals surface area contributed by atoms with E-state index in [1.54, 1.807) is 22.8 Å². The van der Waals surface area contributed by atoms with E-state index in [9.17, 15) is 14.0 Å². The number of hydrogen-bond acceptors (Lipinski definition) is 5. The highest BCUT2D eigenvalue weighted by molar-refractivity contribution is 7.71. The monoisotopic (exact) mass is 496 g/mol. The molecule has 0 bridgehead atoms. The normalized spacial score (nSPS) is 11.1. The number of hydrogen-bond donors (Lipinski definition) is 2. The van der Waals surface area contributed by atoms with Crippen LogP contribution in [-0.4, -0.2) is 20.4 Å². The standard InChI is InChI=1S/C25H25FN4O2S2/c1-16-21(15-17-10-12-18(26)13-11-17)34-24(27-16)29-22(31)9-3-2-6-14-30-23(32)19-7-4-5-8-20(19)28-25(30)33/h4-5,7-8,10-13H,2-3,6,9,14-15H2,1H3,(H,28,33)(H,27,29,31). The van der Waals surface area contributed by atoms with Gasteiger partial charge in [-0.05, 0) is 61.8 Å². The SMILES string of the molecule is Cc1nc(NC(=O)CCCCCn2c(=S)[nH]c3ccccc3c2=O)sc1Cc1ccc(F)cc1. The lowest BCUT2D eigenvalue weighted by molar-refractivity contribution is -0.116. The maximum absolute atomic E-state index is 13.1. The van der Waals surface area contributed by atoms with Crippen LogP contribution < -0.4 is 10.9 Å². The summed E-state index contributed by atoms with van der Waals surface area (Å²) < 4.78 is 15.1. The zero-order chi connectivity index (χ0) is 24.1. The first-order valence-electron chi connectivity index (χ1n) is 11.1. The Morgan fingerprint density at radius 1 is 1.15 bits per heavy atom. The van der Waals surface area contributed by atoms with E-state index in [4.69, 9.17) is 12.2 Å². The molecule has 2 aromatic heterocycles. The lowest BCUT2D eigenvalue weighted by atomic mass is 10.1. The Hall–Kier alpha value is -3.17. The van der Waals surface area contributed by atoms with Crippen molar-refractivity contribution in [2.45, 2.75) is 45.6 Å². The number of thiazole rings is 1. The van der Waals surface area contributed by atoms with E-state index >= 15 is 0 Å². The van der Waals surface area contributed by atoms with Gasteiger partial charge in [0, 0.05) is 24.3 Å². The Labute approximate surface area is 205 Å². The number of halogens is 1. The van der Waals surface area contributed by atoms with Gasteiger partial charge < -0.3 is 10.3 Å². The maximum atomic E-state index is 13.1. The van der Waals surface area contributed by atoms with E-state index in [0.29, 0.717) is 41.1 Å². The van der Waals surface area contributed by atoms with Crippen LogP contribution in [0, 0.1) is 17.5 Å².